The largest absolute Gasteiger partial charge is 0.462 e. The number of carbonyl (C=O) groups excluding carboxylic acids is 1. The summed E-state index contributed by atoms with van der Waals surface area (Å²) in [6.45, 7) is 6.23. The lowest BCUT2D eigenvalue weighted by Gasteiger charge is -2.26. The number of ether oxygens (including phenoxy) is 1. The Morgan fingerprint density at radius 1 is 1.19 bits per heavy atom. The lowest BCUT2D eigenvalue weighted by Crippen LogP contribution is -2.25. The van der Waals surface area contributed by atoms with Crippen LogP contribution in [0.2, 0.25) is 0 Å². The number of rotatable bonds is 8. The second kappa shape index (κ2) is 10.2. The van der Waals surface area contributed by atoms with Crippen LogP contribution >= 0.6 is 0 Å². The van der Waals surface area contributed by atoms with Gasteiger partial charge in [-0.3, -0.25) is 4.79 Å². The first kappa shape index (κ1) is 21.7. The van der Waals surface area contributed by atoms with Gasteiger partial charge in [0.2, 0.25) is 11.4 Å². The Hall–Kier alpha value is -2.48. The maximum absolute atomic E-state index is 13.0. The number of pyridine rings is 1. The normalized spacial score (nSPS) is 17.8. The molecule has 0 radical (unpaired) electrons. The van der Waals surface area contributed by atoms with Crippen LogP contribution in [0.3, 0.4) is 0 Å². The molecule has 4 rings (SSSR count). The van der Waals surface area contributed by atoms with E-state index in [0.717, 1.165) is 45.2 Å². The second-order valence-corrected chi connectivity index (χ2v) is 8.55. The van der Waals surface area contributed by atoms with Crippen molar-refractivity contribution in [2.45, 2.75) is 64.3 Å². The minimum atomic E-state index is -0.580. The molecule has 1 aliphatic heterocycles. The SMILES string of the molecule is CCOC(=O)c1cn(C2CCCCC2)c2nc(NCCCN3CCCC3)ncc2c1=O. The number of aromatic nitrogens is 3. The molecular formula is C23H33N5O3. The predicted octanol–water partition coefficient (Wildman–Crippen LogP) is 3.37. The van der Waals surface area contributed by atoms with Crippen molar-refractivity contribution in [2.24, 2.45) is 0 Å². The number of hydrogen-bond acceptors (Lipinski definition) is 7. The number of nitrogens with one attached hydrogen (secondary N) is 1. The average Bonchev–Trinajstić information content (AvgIpc) is 3.31. The number of likely N-dealkylation sites (tertiary alicyclic amines) is 1. The zero-order valence-electron chi connectivity index (χ0n) is 18.4. The van der Waals surface area contributed by atoms with E-state index in [2.05, 4.69) is 15.2 Å². The van der Waals surface area contributed by atoms with Crippen molar-refractivity contribution in [3.63, 3.8) is 0 Å². The highest BCUT2D eigenvalue weighted by Crippen LogP contribution is 2.30. The van der Waals surface area contributed by atoms with Crippen molar-refractivity contribution < 1.29 is 9.53 Å². The third-order valence-electron chi connectivity index (χ3n) is 6.37. The van der Waals surface area contributed by atoms with Crippen molar-refractivity contribution in [3.05, 3.63) is 28.2 Å². The molecule has 0 aromatic carbocycles. The zero-order valence-corrected chi connectivity index (χ0v) is 18.4. The Bertz CT molecular complexity index is 962. The summed E-state index contributed by atoms with van der Waals surface area (Å²) in [5.74, 6) is -0.0511. The van der Waals surface area contributed by atoms with Gasteiger partial charge in [0, 0.05) is 25.0 Å². The van der Waals surface area contributed by atoms with Crippen LogP contribution in [0.4, 0.5) is 5.95 Å². The van der Waals surface area contributed by atoms with Gasteiger partial charge in [-0.2, -0.15) is 4.98 Å². The Balaban J connectivity index is 1.60. The van der Waals surface area contributed by atoms with Gasteiger partial charge in [-0.05, 0) is 58.7 Å². The van der Waals surface area contributed by atoms with Gasteiger partial charge in [0.15, 0.2) is 0 Å². The molecule has 0 amide bonds. The van der Waals surface area contributed by atoms with Crippen LogP contribution in [0, 0.1) is 0 Å². The van der Waals surface area contributed by atoms with Crippen molar-refractivity contribution >= 4 is 23.0 Å². The smallest absolute Gasteiger partial charge is 0.343 e. The van der Waals surface area contributed by atoms with Gasteiger partial charge in [0.05, 0.1) is 12.0 Å². The molecule has 2 aliphatic rings. The summed E-state index contributed by atoms with van der Waals surface area (Å²) in [6.07, 6.45) is 12.4. The fourth-order valence-electron chi connectivity index (χ4n) is 4.72. The third kappa shape index (κ3) is 5.06. The minimum absolute atomic E-state index is 0.0647. The Labute approximate surface area is 183 Å². The number of hydrogen-bond donors (Lipinski definition) is 1. The van der Waals surface area contributed by atoms with E-state index in [-0.39, 0.29) is 23.6 Å². The molecule has 0 bridgehead atoms. The van der Waals surface area contributed by atoms with Crippen molar-refractivity contribution in [2.75, 3.05) is 38.1 Å². The van der Waals surface area contributed by atoms with Gasteiger partial charge >= 0.3 is 5.97 Å². The molecule has 2 aromatic rings. The van der Waals surface area contributed by atoms with Gasteiger partial charge in [-0.1, -0.05) is 19.3 Å². The van der Waals surface area contributed by atoms with Gasteiger partial charge in [0.1, 0.15) is 11.2 Å². The summed E-state index contributed by atoms with van der Waals surface area (Å²) in [5.41, 5.74) is 0.304. The highest BCUT2D eigenvalue weighted by Gasteiger charge is 2.23. The van der Waals surface area contributed by atoms with E-state index in [9.17, 15) is 9.59 Å². The third-order valence-corrected chi connectivity index (χ3v) is 6.37. The number of carbonyl (C=O) groups is 1. The molecular weight excluding hydrogens is 394 g/mol. The Morgan fingerprint density at radius 2 is 1.97 bits per heavy atom. The highest BCUT2D eigenvalue weighted by molar-refractivity contribution is 5.93. The lowest BCUT2D eigenvalue weighted by molar-refractivity contribution is 0.0524. The van der Waals surface area contributed by atoms with Gasteiger partial charge in [-0.15, -0.1) is 0 Å². The summed E-state index contributed by atoms with van der Waals surface area (Å²) >= 11 is 0. The quantitative estimate of drug-likeness (QED) is 0.510. The number of nitrogens with zero attached hydrogens (tertiary/aromatic N) is 4. The van der Waals surface area contributed by atoms with E-state index in [0.29, 0.717) is 17.0 Å². The summed E-state index contributed by atoms with van der Waals surface area (Å²) in [6, 6.07) is 0.225. The first-order valence-electron chi connectivity index (χ1n) is 11.7. The number of esters is 1. The molecule has 8 nitrogen and oxygen atoms in total. The Morgan fingerprint density at radius 3 is 2.71 bits per heavy atom. The second-order valence-electron chi connectivity index (χ2n) is 8.55. The molecule has 0 unspecified atom stereocenters. The molecule has 1 saturated carbocycles. The van der Waals surface area contributed by atoms with E-state index in [4.69, 9.17) is 9.72 Å². The monoisotopic (exact) mass is 427 g/mol. The van der Waals surface area contributed by atoms with E-state index in [1.54, 1.807) is 19.3 Å². The molecule has 168 valence electrons. The van der Waals surface area contributed by atoms with E-state index >= 15 is 0 Å². The van der Waals surface area contributed by atoms with Crippen LogP contribution < -0.4 is 10.7 Å². The van der Waals surface area contributed by atoms with Crippen molar-refractivity contribution in [1.82, 2.24) is 19.4 Å². The summed E-state index contributed by atoms with van der Waals surface area (Å²) in [4.78, 5) is 36.9. The molecule has 2 fully saturated rings. The number of fused-ring (bicyclic) bond motifs is 1. The molecule has 2 aromatic heterocycles. The molecule has 1 saturated heterocycles. The molecule has 1 aliphatic carbocycles. The Kier molecular flexibility index (Phi) is 7.17. The molecule has 8 heteroatoms. The minimum Gasteiger partial charge on any atom is -0.462 e. The van der Waals surface area contributed by atoms with Gasteiger partial charge in [-0.25, -0.2) is 9.78 Å². The van der Waals surface area contributed by atoms with E-state index < -0.39 is 5.97 Å². The fraction of sp³-hybridized carbons (Fsp3) is 0.652. The van der Waals surface area contributed by atoms with Crippen molar-refractivity contribution in [3.8, 4) is 0 Å². The number of anilines is 1. The summed E-state index contributed by atoms with van der Waals surface area (Å²) in [7, 11) is 0. The van der Waals surface area contributed by atoms with Crippen LogP contribution in [-0.2, 0) is 4.74 Å². The van der Waals surface area contributed by atoms with Gasteiger partial charge in [0.25, 0.3) is 0 Å². The molecule has 3 heterocycles. The van der Waals surface area contributed by atoms with E-state index in [1.807, 2.05) is 4.57 Å². The first-order chi connectivity index (χ1) is 15.2. The fourth-order valence-corrected chi connectivity index (χ4v) is 4.72. The zero-order chi connectivity index (χ0) is 21.6. The standard InChI is InChI=1S/C23H33N5O3/c1-2-31-22(30)19-16-28(17-9-4-3-5-10-17)21-18(20(19)29)15-25-23(26-21)24-11-8-14-27-12-6-7-13-27/h15-17H,2-14H2,1H3,(H,24,25,26). The van der Waals surface area contributed by atoms with Crippen LogP contribution in [0.1, 0.15) is 74.7 Å². The highest BCUT2D eigenvalue weighted by atomic mass is 16.5. The van der Waals surface area contributed by atoms with Crippen LogP contribution in [0.5, 0.6) is 0 Å². The maximum Gasteiger partial charge on any atom is 0.343 e. The first-order valence-corrected chi connectivity index (χ1v) is 11.7. The maximum atomic E-state index is 13.0. The molecule has 0 atom stereocenters. The molecule has 0 spiro atoms. The van der Waals surface area contributed by atoms with Crippen LogP contribution in [0.25, 0.3) is 11.0 Å². The topological polar surface area (TPSA) is 89.3 Å². The predicted molar refractivity (Wildman–Crippen MR) is 121 cm³/mol. The van der Waals surface area contributed by atoms with Gasteiger partial charge < -0.3 is 19.5 Å². The molecule has 1 N–H and O–H groups in total. The summed E-state index contributed by atoms with van der Waals surface area (Å²) in [5, 5.41) is 3.69. The average molecular weight is 428 g/mol. The summed E-state index contributed by atoms with van der Waals surface area (Å²) < 4.78 is 7.14. The van der Waals surface area contributed by atoms with Crippen LogP contribution in [-0.4, -0.2) is 58.2 Å². The van der Waals surface area contributed by atoms with Crippen molar-refractivity contribution in [1.29, 1.82) is 0 Å². The van der Waals surface area contributed by atoms with Crippen LogP contribution in [0.15, 0.2) is 17.2 Å². The van der Waals surface area contributed by atoms with E-state index in [1.165, 1.54) is 32.4 Å². The molecule has 31 heavy (non-hydrogen) atoms. The lowest BCUT2D eigenvalue weighted by atomic mass is 9.95.